The molecule has 0 saturated carbocycles. The zero-order valence-electron chi connectivity index (χ0n) is 9.30. The Kier molecular flexibility index (Phi) is 2.76. The van der Waals surface area contributed by atoms with E-state index >= 15 is 0 Å². The van der Waals surface area contributed by atoms with Crippen LogP contribution in [0.4, 0.5) is 11.9 Å². The average Bonchev–Trinajstić information content (AvgIpc) is 2.56. The lowest BCUT2D eigenvalue weighted by Gasteiger charge is -2.06. The van der Waals surface area contributed by atoms with E-state index in [1.54, 1.807) is 0 Å². The number of aromatic nitrogens is 3. The minimum atomic E-state index is 0.414. The van der Waals surface area contributed by atoms with Gasteiger partial charge < -0.3 is 5.73 Å². The van der Waals surface area contributed by atoms with Gasteiger partial charge in [-0.05, 0) is 23.5 Å². The topological polar surface area (TPSA) is 73.7 Å². The highest BCUT2D eigenvalue weighted by Gasteiger charge is 2.19. The number of rotatable bonds is 3. The Balaban J connectivity index is 2.55. The number of hydrogen-bond acceptors (Lipinski definition) is 3. The molecular weight excluding hydrogens is 202 g/mol. The average molecular weight is 218 g/mol. The van der Waals surface area contributed by atoms with Crippen molar-refractivity contribution in [2.75, 3.05) is 11.5 Å². The molecule has 0 saturated heterocycles. The predicted octanol–water partition coefficient (Wildman–Crippen LogP) is 0.734. The van der Waals surface area contributed by atoms with Crippen LogP contribution in [0.5, 0.6) is 0 Å². The van der Waals surface area contributed by atoms with Gasteiger partial charge in [0.25, 0.3) is 0 Å². The third-order valence-corrected chi connectivity index (χ3v) is 2.39. The Morgan fingerprint density at radius 3 is 2.56 bits per heavy atom. The molecule has 0 unspecified atom stereocenters. The van der Waals surface area contributed by atoms with Crippen molar-refractivity contribution in [2.24, 2.45) is 0 Å². The fraction of sp³-hybridized carbons (Fsp3) is 0.273. The second-order valence-corrected chi connectivity index (χ2v) is 3.60. The van der Waals surface area contributed by atoms with Crippen LogP contribution < -0.4 is 16.1 Å². The molecule has 0 fully saturated rings. The van der Waals surface area contributed by atoms with Crippen molar-refractivity contribution in [1.82, 2.24) is 9.67 Å². The van der Waals surface area contributed by atoms with Crippen molar-refractivity contribution in [3.8, 4) is 5.69 Å². The Morgan fingerprint density at radius 1 is 1.25 bits per heavy atom. The number of benzene rings is 1. The van der Waals surface area contributed by atoms with Crippen molar-refractivity contribution in [1.29, 1.82) is 0 Å². The maximum Gasteiger partial charge on any atom is 0.411 e. The van der Waals surface area contributed by atoms with Crippen molar-refractivity contribution < 1.29 is 4.68 Å². The van der Waals surface area contributed by atoms with Gasteiger partial charge in [0.1, 0.15) is 0 Å². The summed E-state index contributed by atoms with van der Waals surface area (Å²) in [6.45, 7) is 2.88. The van der Waals surface area contributed by atoms with E-state index < -0.39 is 0 Å². The lowest BCUT2D eigenvalue weighted by Crippen LogP contribution is -2.44. The Morgan fingerprint density at radius 2 is 1.94 bits per heavy atom. The molecule has 84 valence electrons. The second-order valence-electron chi connectivity index (χ2n) is 3.60. The van der Waals surface area contributed by atoms with Crippen LogP contribution in [-0.4, -0.2) is 9.67 Å². The summed E-state index contributed by atoms with van der Waals surface area (Å²) >= 11 is 0. The fourth-order valence-electron chi connectivity index (χ4n) is 1.72. The highest BCUT2D eigenvalue weighted by Crippen LogP contribution is 2.10. The van der Waals surface area contributed by atoms with Crippen LogP contribution >= 0.6 is 0 Å². The molecule has 0 aliphatic carbocycles. The zero-order valence-corrected chi connectivity index (χ0v) is 9.30. The molecule has 0 aliphatic heterocycles. The summed E-state index contributed by atoms with van der Waals surface area (Å²) in [5, 5.41) is 0. The Hall–Kier alpha value is -2.04. The Labute approximate surface area is 94.3 Å². The molecule has 0 atom stereocenters. The molecule has 0 spiro atoms. The molecule has 5 heteroatoms. The van der Waals surface area contributed by atoms with Gasteiger partial charge >= 0.3 is 11.9 Å². The smallest absolute Gasteiger partial charge is 0.353 e. The minimum absolute atomic E-state index is 0.414. The van der Waals surface area contributed by atoms with Crippen molar-refractivity contribution >= 4 is 11.9 Å². The van der Waals surface area contributed by atoms with E-state index in [-0.39, 0.29) is 0 Å². The third-order valence-electron chi connectivity index (χ3n) is 2.39. The zero-order chi connectivity index (χ0) is 11.5. The molecule has 2 aromatic rings. The summed E-state index contributed by atoms with van der Waals surface area (Å²) < 4.78 is 3.71. The summed E-state index contributed by atoms with van der Waals surface area (Å²) in [5.74, 6) is 0.861. The molecular formula is C11H16N5+. The number of nitrogen functional groups attached to an aromatic ring is 2. The van der Waals surface area contributed by atoms with Gasteiger partial charge in [-0.1, -0.05) is 25.1 Å². The van der Waals surface area contributed by atoms with Crippen LogP contribution in [0.3, 0.4) is 0 Å². The lowest BCUT2D eigenvalue weighted by molar-refractivity contribution is -0.753. The molecule has 2 rings (SSSR count). The van der Waals surface area contributed by atoms with E-state index in [9.17, 15) is 0 Å². The lowest BCUT2D eigenvalue weighted by atomic mass is 10.3. The van der Waals surface area contributed by atoms with Crippen LogP contribution in [0.15, 0.2) is 30.3 Å². The number of nitrogens with two attached hydrogens (primary N) is 2. The standard InChI is InChI=1S/C11H15N5/c1-2-8-15-10(12)14-11(13)16(15)9-6-4-3-5-7-9/h3-7H,2,8H2,1H3,(H3,12,13,14)/p+1. The quantitative estimate of drug-likeness (QED) is 0.746. The van der Waals surface area contributed by atoms with E-state index in [0.717, 1.165) is 18.7 Å². The molecule has 16 heavy (non-hydrogen) atoms. The van der Waals surface area contributed by atoms with Crippen molar-refractivity contribution in [3.63, 3.8) is 0 Å². The molecule has 1 heterocycles. The van der Waals surface area contributed by atoms with Gasteiger partial charge in [-0.2, -0.15) is 9.36 Å². The van der Waals surface area contributed by atoms with Crippen molar-refractivity contribution in [2.45, 2.75) is 19.9 Å². The third kappa shape index (κ3) is 1.71. The van der Waals surface area contributed by atoms with Gasteiger partial charge in [-0.15, -0.1) is 0 Å². The number of nitrogens with zero attached hydrogens (tertiary/aromatic N) is 3. The first-order valence-corrected chi connectivity index (χ1v) is 5.33. The first-order valence-electron chi connectivity index (χ1n) is 5.33. The normalized spacial score (nSPS) is 10.6. The van der Waals surface area contributed by atoms with E-state index in [1.165, 1.54) is 0 Å². The van der Waals surface area contributed by atoms with E-state index in [2.05, 4.69) is 11.9 Å². The van der Waals surface area contributed by atoms with Crippen LogP contribution in [0, 0.1) is 0 Å². The summed E-state index contributed by atoms with van der Waals surface area (Å²) in [6, 6.07) is 9.83. The Bertz CT molecular complexity index is 475. The first-order chi connectivity index (χ1) is 7.74. The van der Waals surface area contributed by atoms with E-state index in [1.807, 2.05) is 39.7 Å². The van der Waals surface area contributed by atoms with E-state index in [0.29, 0.717) is 11.9 Å². The largest absolute Gasteiger partial charge is 0.411 e. The highest BCUT2D eigenvalue weighted by atomic mass is 15.5. The molecule has 0 amide bonds. The minimum Gasteiger partial charge on any atom is -0.353 e. The van der Waals surface area contributed by atoms with Gasteiger partial charge in [-0.3, -0.25) is 5.73 Å². The summed E-state index contributed by atoms with van der Waals surface area (Å²) in [5.41, 5.74) is 12.6. The summed E-state index contributed by atoms with van der Waals surface area (Å²) in [7, 11) is 0. The predicted molar refractivity (Wildman–Crippen MR) is 62.9 cm³/mol. The van der Waals surface area contributed by atoms with Crippen LogP contribution in [0.1, 0.15) is 13.3 Å². The van der Waals surface area contributed by atoms with Gasteiger partial charge in [0, 0.05) is 0 Å². The van der Waals surface area contributed by atoms with Crippen LogP contribution in [0.25, 0.3) is 5.69 Å². The maximum atomic E-state index is 5.86. The van der Waals surface area contributed by atoms with Gasteiger partial charge in [-0.25, -0.2) is 0 Å². The van der Waals surface area contributed by atoms with Crippen LogP contribution in [0.2, 0.25) is 0 Å². The second kappa shape index (κ2) is 4.22. The van der Waals surface area contributed by atoms with Gasteiger partial charge in [0.2, 0.25) is 0 Å². The molecule has 1 aromatic carbocycles. The highest BCUT2D eigenvalue weighted by molar-refractivity contribution is 5.37. The molecule has 4 N–H and O–H groups in total. The first kappa shape index (κ1) is 10.5. The molecule has 0 bridgehead atoms. The monoisotopic (exact) mass is 218 g/mol. The number of para-hydroxylation sites is 1. The fourth-order valence-corrected chi connectivity index (χ4v) is 1.72. The number of anilines is 2. The summed E-state index contributed by atoms with van der Waals surface area (Å²) in [4.78, 5) is 4.09. The summed E-state index contributed by atoms with van der Waals surface area (Å²) in [6.07, 6.45) is 0.979. The molecule has 0 aliphatic rings. The number of hydrogen-bond donors (Lipinski definition) is 2. The van der Waals surface area contributed by atoms with Crippen molar-refractivity contribution in [3.05, 3.63) is 30.3 Å². The van der Waals surface area contributed by atoms with Crippen LogP contribution in [-0.2, 0) is 6.54 Å². The maximum absolute atomic E-state index is 5.86. The molecule has 1 aromatic heterocycles. The van der Waals surface area contributed by atoms with Gasteiger partial charge in [0.05, 0.1) is 12.2 Å². The molecule has 0 radical (unpaired) electrons. The molecule has 5 nitrogen and oxygen atoms in total. The SMILES string of the molecule is CCC[n+]1c(N)nc(N)n1-c1ccccc1. The van der Waals surface area contributed by atoms with E-state index in [4.69, 9.17) is 11.5 Å². The van der Waals surface area contributed by atoms with Gasteiger partial charge in [0.15, 0.2) is 0 Å².